The standard InChI is InChI=1S/C11H24N2/c1-3-10(2)8-13-9-11-4-6-12-7-5-11/h10-13H,3-9H2,1-2H3. The molecule has 1 rings (SSSR count). The molecule has 0 aliphatic carbocycles. The van der Waals surface area contributed by atoms with Gasteiger partial charge in [0.15, 0.2) is 0 Å². The van der Waals surface area contributed by atoms with E-state index in [0.29, 0.717) is 0 Å². The highest BCUT2D eigenvalue weighted by molar-refractivity contribution is 4.70. The first-order valence-electron chi connectivity index (χ1n) is 5.74. The van der Waals surface area contributed by atoms with Gasteiger partial charge in [-0.15, -0.1) is 0 Å². The molecule has 1 aliphatic rings. The summed E-state index contributed by atoms with van der Waals surface area (Å²) in [5.74, 6) is 1.76. The zero-order chi connectivity index (χ0) is 9.52. The number of nitrogens with one attached hydrogen (secondary N) is 2. The minimum absolute atomic E-state index is 0.835. The zero-order valence-electron chi connectivity index (χ0n) is 9.10. The molecule has 2 heteroatoms. The van der Waals surface area contributed by atoms with Gasteiger partial charge < -0.3 is 10.6 Å². The predicted octanol–water partition coefficient (Wildman–Crippen LogP) is 1.62. The average Bonchev–Trinajstić information content (AvgIpc) is 2.19. The molecule has 1 unspecified atom stereocenters. The second-order valence-electron chi connectivity index (χ2n) is 4.37. The summed E-state index contributed by atoms with van der Waals surface area (Å²) in [4.78, 5) is 0. The van der Waals surface area contributed by atoms with Crippen molar-refractivity contribution in [2.75, 3.05) is 26.2 Å². The van der Waals surface area contributed by atoms with Gasteiger partial charge in [-0.25, -0.2) is 0 Å². The normalized spacial score (nSPS) is 21.7. The summed E-state index contributed by atoms with van der Waals surface area (Å²) in [5.41, 5.74) is 0. The average molecular weight is 184 g/mol. The van der Waals surface area contributed by atoms with E-state index < -0.39 is 0 Å². The Morgan fingerprint density at radius 3 is 2.69 bits per heavy atom. The molecule has 0 aromatic rings. The minimum atomic E-state index is 0.835. The Labute approximate surface area is 82.5 Å². The van der Waals surface area contributed by atoms with E-state index in [4.69, 9.17) is 0 Å². The third-order valence-electron chi connectivity index (χ3n) is 3.08. The topological polar surface area (TPSA) is 24.1 Å². The van der Waals surface area contributed by atoms with Crippen molar-refractivity contribution >= 4 is 0 Å². The summed E-state index contributed by atoms with van der Waals surface area (Å²) >= 11 is 0. The van der Waals surface area contributed by atoms with E-state index in [0.717, 1.165) is 11.8 Å². The van der Waals surface area contributed by atoms with Gasteiger partial charge in [-0.1, -0.05) is 20.3 Å². The highest BCUT2D eigenvalue weighted by Gasteiger charge is 2.12. The van der Waals surface area contributed by atoms with E-state index >= 15 is 0 Å². The number of rotatable bonds is 5. The van der Waals surface area contributed by atoms with Gasteiger partial charge in [-0.3, -0.25) is 0 Å². The van der Waals surface area contributed by atoms with Crippen LogP contribution < -0.4 is 10.6 Å². The van der Waals surface area contributed by atoms with Crippen molar-refractivity contribution in [2.45, 2.75) is 33.1 Å². The molecule has 1 fully saturated rings. The van der Waals surface area contributed by atoms with E-state index in [1.807, 2.05) is 0 Å². The zero-order valence-corrected chi connectivity index (χ0v) is 9.10. The molecule has 0 radical (unpaired) electrons. The van der Waals surface area contributed by atoms with E-state index in [1.54, 1.807) is 0 Å². The maximum absolute atomic E-state index is 3.58. The maximum Gasteiger partial charge on any atom is -0.00195 e. The second kappa shape index (κ2) is 6.39. The molecule has 0 bridgehead atoms. The van der Waals surface area contributed by atoms with Gasteiger partial charge in [0.25, 0.3) is 0 Å². The van der Waals surface area contributed by atoms with Gasteiger partial charge in [-0.05, 0) is 50.9 Å². The molecule has 0 saturated carbocycles. The van der Waals surface area contributed by atoms with Crippen LogP contribution >= 0.6 is 0 Å². The van der Waals surface area contributed by atoms with Crippen LogP contribution in [0.3, 0.4) is 0 Å². The van der Waals surface area contributed by atoms with E-state index in [2.05, 4.69) is 24.5 Å². The molecule has 1 aliphatic heterocycles. The summed E-state index contributed by atoms with van der Waals surface area (Å²) in [7, 11) is 0. The first kappa shape index (κ1) is 11.0. The van der Waals surface area contributed by atoms with E-state index in [1.165, 1.54) is 45.4 Å². The largest absolute Gasteiger partial charge is 0.317 e. The van der Waals surface area contributed by atoms with Gasteiger partial charge in [0.1, 0.15) is 0 Å². The summed E-state index contributed by atoms with van der Waals surface area (Å²) in [6, 6.07) is 0. The lowest BCUT2D eigenvalue weighted by molar-refractivity contribution is 0.346. The van der Waals surface area contributed by atoms with Crippen molar-refractivity contribution in [3.05, 3.63) is 0 Å². The molecule has 0 aromatic heterocycles. The minimum Gasteiger partial charge on any atom is -0.317 e. The van der Waals surface area contributed by atoms with Crippen LogP contribution in [0.5, 0.6) is 0 Å². The van der Waals surface area contributed by atoms with Crippen LogP contribution in [-0.2, 0) is 0 Å². The fourth-order valence-electron chi connectivity index (χ4n) is 1.76. The molecular weight excluding hydrogens is 160 g/mol. The summed E-state index contributed by atoms with van der Waals surface area (Å²) in [6.07, 6.45) is 4.00. The van der Waals surface area contributed by atoms with Gasteiger partial charge in [0.05, 0.1) is 0 Å². The summed E-state index contributed by atoms with van der Waals surface area (Å²) in [5, 5.41) is 6.98. The fourth-order valence-corrected chi connectivity index (χ4v) is 1.76. The highest BCUT2D eigenvalue weighted by Crippen LogP contribution is 2.10. The summed E-state index contributed by atoms with van der Waals surface area (Å²) in [6.45, 7) is 9.43. The molecule has 1 heterocycles. The summed E-state index contributed by atoms with van der Waals surface area (Å²) < 4.78 is 0. The molecule has 13 heavy (non-hydrogen) atoms. The van der Waals surface area contributed by atoms with Gasteiger partial charge in [0, 0.05) is 0 Å². The van der Waals surface area contributed by atoms with Crippen molar-refractivity contribution in [2.24, 2.45) is 11.8 Å². The number of hydrogen-bond acceptors (Lipinski definition) is 2. The lowest BCUT2D eigenvalue weighted by atomic mass is 9.98. The Morgan fingerprint density at radius 1 is 1.38 bits per heavy atom. The van der Waals surface area contributed by atoms with Gasteiger partial charge >= 0.3 is 0 Å². The van der Waals surface area contributed by atoms with Crippen molar-refractivity contribution in [1.82, 2.24) is 10.6 Å². The Bertz CT molecular complexity index is 119. The molecule has 1 saturated heterocycles. The Hall–Kier alpha value is -0.0800. The van der Waals surface area contributed by atoms with Gasteiger partial charge in [0.2, 0.25) is 0 Å². The molecule has 2 N–H and O–H groups in total. The molecule has 0 spiro atoms. The smallest absolute Gasteiger partial charge is 0.00195 e. The lowest BCUT2D eigenvalue weighted by Crippen LogP contribution is -2.34. The van der Waals surface area contributed by atoms with Gasteiger partial charge in [-0.2, -0.15) is 0 Å². The quantitative estimate of drug-likeness (QED) is 0.678. The Kier molecular flexibility index (Phi) is 5.40. The van der Waals surface area contributed by atoms with Crippen LogP contribution in [0.1, 0.15) is 33.1 Å². The van der Waals surface area contributed by atoms with Crippen molar-refractivity contribution in [3.8, 4) is 0 Å². The second-order valence-corrected chi connectivity index (χ2v) is 4.37. The molecule has 0 amide bonds. The Balaban J connectivity index is 1.98. The Morgan fingerprint density at radius 2 is 2.08 bits per heavy atom. The molecular formula is C11H24N2. The van der Waals surface area contributed by atoms with Crippen molar-refractivity contribution < 1.29 is 0 Å². The predicted molar refractivity (Wildman–Crippen MR) is 57.9 cm³/mol. The van der Waals surface area contributed by atoms with Crippen LogP contribution in [0.25, 0.3) is 0 Å². The number of hydrogen-bond donors (Lipinski definition) is 2. The van der Waals surface area contributed by atoms with Crippen molar-refractivity contribution in [3.63, 3.8) is 0 Å². The first-order valence-corrected chi connectivity index (χ1v) is 5.74. The highest BCUT2D eigenvalue weighted by atomic mass is 14.9. The first-order chi connectivity index (χ1) is 6.33. The lowest BCUT2D eigenvalue weighted by Gasteiger charge is -2.23. The monoisotopic (exact) mass is 184 g/mol. The maximum atomic E-state index is 3.58. The van der Waals surface area contributed by atoms with E-state index in [9.17, 15) is 0 Å². The van der Waals surface area contributed by atoms with Crippen LogP contribution in [0.2, 0.25) is 0 Å². The van der Waals surface area contributed by atoms with Crippen LogP contribution in [0, 0.1) is 11.8 Å². The van der Waals surface area contributed by atoms with Crippen molar-refractivity contribution in [1.29, 1.82) is 0 Å². The van der Waals surface area contributed by atoms with Crippen LogP contribution in [-0.4, -0.2) is 26.2 Å². The fraction of sp³-hybridized carbons (Fsp3) is 1.00. The molecule has 2 nitrogen and oxygen atoms in total. The number of piperidine rings is 1. The molecule has 78 valence electrons. The SMILES string of the molecule is CCC(C)CNCC1CCNCC1. The van der Waals surface area contributed by atoms with E-state index in [-0.39, 0.29) is 0 Å². The molecule has 0 aromatic carbocycles. The molecule has 1 atom stereocenters. The third kappa shape index (κ3) is 4.63. The van der Waals surface area contributed by atoms with Crippen LogP contribution in [0.4, 0.5) is 0 Å². The van der Waals surface area contributed by atoms with Crippen LogP contribution in [0.15, 0.2) is 0 Å². The third-order valence-corrected chi connectivity index (χ3v) is 3.08.